The van der Waals surface area contributed by atoms with Crippen LogP contribution in [-0.2, 0) is 17.9 Å². The maximum absolute atomic E-state index is 12.3. The van der Waals surface area contributed by atoms with E-state index in [-0.39, 0.29) is 11.7 Å². The predicted octanol–water partition coefficient (Wildman–Crippen LogP) is 4.82. The molecule has 1 N–H and O–H groups in total. The number of hydrogen-bond donors (Lipinski definition) is 1. The number of hydrogen-bond acceptors (Lipinski definition) is 6. The van der Waals surface area contributed by atoms with Crippen LogP contribution in [0.1, 0.15) is 10.4 Å². The highest BCUT2D eigenvalue weighted by atomic mass is 79.9. The highest BCUT2D eigenvalue weighted by Gasteiger charge is 2.18. The number of carbonyl (C=O) groups is 1. The van der Waals surface area contributed by atoms with Gasteiger partial charge in [0.2, 0.25) is 11.7 Å². The number of nitrogens with zero attached hydrogens (tertiary/aromatic N) is 3. The predicted molar refractivity (Wildman–Crippen MR) is 118 cm³/mol. The fourth-order valence-electron chi connectivity index (χ4n) is 2.70. The van der Waals surface area contributed by atoms with Crippen LogP contribution in [-0.4, -0.2) is 26.4 Å². The molecule has 6 nitrogen and oxygen atoms in total. The monoisotopic (exact) mass is 488 g/mol. The third-order valence-electron chi connectivity index (χ3n) is 4.07. The summed E-state index contributed by atoms with van der Waals surface area (Å²) in [5, 5.41) is 14.2. The quantitative estimate of drug-likeness (QED) is 0.360. The molecular weight excluding hydrogens is 472 g/mol. The minimum atomic E-state index is -0.0417. The van der Waals surface area contributed by atoms with Gasteiger partial charge in [-0.05, 0) is 45.1 Å². The van der Waals surface area contributed by atoms with Crippen LogP contribution >= 0.6 is 39.0 Å². The first-order valence-corrected chi connectivity index (χ1v) is 11.5. The Morgan fingerprint density at radius 3 is 2.72 bits per heavy atom. The van der Waals surface area contributed by atoms with Gasteiger partial charge >= 0.3 is 0 Å². The van der Waals surface area contributed by atoms with Crippen LogP contribution in [0.3, 0.4) is 0 Å². The second-order valence-corrected chi connectivity index (χ2v) is 8.88. The van der Waals surface area contributed by atoms with Crippen molar-refractivity contribution in [3.8, 4) is 11.6 Å². The minimum absolute atomic E-state index is 0.0417. The van der Waals surface area contributed by atoms with Gasteiger partial charge in [-0.15, -0.1) is 21.5 Å². The summed E-state index contributed by atoms with van der Waals surface area (Å²) in [4.78, 5) is 13.4. The molecule has 148 valence electrons. The zero-order chi connectivity index (χ0) is 20.1. The molecule has 29 heavy (non-hydrogen) atoms. The lowest BCUT2D eigenvalue weighted by Crippen LogP contribution is -2.24. The molecule has 0 spiro atoms. The number of amides is 1. The molecule has 0 atom stereocenters. The van der Waals surface area contributed by atoms with Gasteiger partial charge in [-0.25, -0.2) is 0 Å². The van der Waals surface area contributed by atoms with Gasteiger partial charge in [-0.1, -0.05) is 48.2 Å². The maximum atomic E-state index is 12.3. The van der Waals surface area contributed by atoms with Crippen molar-refractivity contribution in [2.45, 2.75) is 18.2 Å². The van der Waals surface area contributed by atoms with Gasteiger partial charge < -0.3 is 9.73 Å². The van der Waals surface area contributed by atoms with E-state index < -0.39 is 0 Å². The Bertz CT molecular complexity index is 1080. The topological polar surface area (TPSA) is 73.0 Å². The van der Waals surface area contributed by atoms with Crippen molar-refractivity contribution in [2.24, 2.45) is 0 Å². The van der Waals surface area contributed by atoms with Gasteiger partial charge in [-0.3, -0.25) is 9.36 Å². The Kier molecular flexibility index (Phi) is 6.48. The van der Waals surface area contributed by atoms with E-state index >= 15 is 0 Å². The number of furan rings is 1. The molecule has 0 fully saturated rings. The van der Waals surface area contributed by atoms with Crippen LogP contribution in [0.15, 0.2) is 74.2 Å². The summed E-state index contributed by atoms with van der Waals surface area (Å²) in [5.74, 6) is 1.47. The lowest BCUT2D eigenvalue weighted by Gasteiger charge is -2.09. The molecule has 0 saturated heterocycles. The van der Waals surface area contributed by atoms with Gasteiger partial charge in [0.05, 0.1) is 18.8 Å². The normalized spacial score (nSPS) is 10.9. The molecule has 0 unspecified atom stereocenters. The number of benzene rings is 1. The van der Waals surface area contributed by atoms with Gasteiger partial charge in [-0.2, -0.15) is 0 Å². The molecule has 0 radical (unpaired) electrons. The Morgan fingerprint density at radius 2 is 2.00 bits per heavy atom. The van der Waals surface area contributed by atoms with Crippen LogP contribution in [0.4, 0.5) is 0 Å². The average Bonchev–Trinajstić information content (AvgIpc) is 3.47. The molecular formula is C20H17BrN4O2S2. The fourth-order valence-corrected chi connectivity index (χ4v) is 4.42. The highest BCUT2D eigenvalue weighted by molar-refractivity contribution is 9.10. The first-order valence-electron chi connectivity index (χ1n) is 8.84. The molecule has 4 rings (SSSR count). The van der Waals surface area contributed by atoms with E-state index in [0.717, 1.165) is 10.4 Å². The number of carbonyl (C=O) groups excluding carboxylic acids is 1. The Balaban J connectivity index is 1.49. The van der Waals surface area contributed by atoms with Gasteiger partial charge in [0.15, 0.2) is 15.6 Å². The largest absolute Gasteiger partial charge is 0.446 e. The highest BCUT2D eigenvalue weighted by Crippen LogP contribution is 2.28. The van der Waals surface area contributed by atoms with E-state index in [1.165, 1.54) is 11.8 Å². The second kappa shape index (κ2) is 9.43. The summed E-state index contributed by atoms with van der Waals surface area (Å²) in [5.41, 5.74) is 1.11. The second-order valence-electron chi connectivity index (χ2n) is 6.13. The molecule has 0 aliphatic rings. The van der Waals surface area contributed by atoms with E-state index in [1.807, 2.05) is 64.5 Å². The Hall–Kier alpha value is -2.36. The number of thiophene rings is 1. The number of aromatic nitrogens is 3. The van der Waals surface area contributed by atoms with Crippen molar-refractivity contribution in [1.82, 2.24) is 20.1 Å². The first kappa shape index (κ1) is 19.9. The van der Waals surface area contributed by atoms with Crippen molar-refractivity contribution in [2.75, 3.05) is 5.75 Å². The van der Waals surface area contributed by atoms with Crippen LogP contribution in [0.25, 0.3) is 11.6 Å². The van der Waals surface area contributed by atoms with Crippen molar-refractivity contribution in [1.29, 1.82) is 0 Å². The third-order valence-corrected chi connectivity index (χ3v) is 6.34. The SMILES string of the molecule is O=C(CSc1nnc(-c2ccc(Br)o2)n1Cc1ccccc1)NCc1cccs1. The Morgan fingerprint density at radius 1 is 1.14 bits per heavy atom. The standard InChI is InChI=1S/C20H17BrN4O2S2/c21-17-9-8-16(27-17)19-23-24-20(25(19)12-14-5-2-1-3-6-14)29-13-18(26)22-11-15-7-4-10-28-15/h1-10H,11-13H2,(H,22,26). The smallest absolute Gasteiger partial charge is 0.230 e. The molecule has 0 bridgehead atoms. The van der Waals surface area contributed by atoms with Crippen molar-refractivity contribution in [3.05, 3.63) is 75.1 Å². The molecule has 0 saturated carbocycles. The first-order chi connectivity index (χ1) is 14.2. The van der Waals surface area contributed by atoms with E-state index in [9.17, 15) is 4.79 Å². The lowest BCUT2D eigenvalue weighted by molar-refractivity contribution is -0.118. The van der Waals surface area contributed by atoms with Gasteiger partial charge in [0.25, 0.3) is 0 Å². The van der Waals surface area contributed by atoms with Gasteiger partial charge in [0.1, 0.15) is 0 Å². The van der Waals surface area contributed by atoms with Crippen LogP contribution < -0.4 is 5.32 Å². The number of rotatable bonds is 8. The molecule has 0 aliphatic carbocycles. The minimum Gasteiger partial charge on any atom is -0.446 e. The summed E-state index contributed by atoms with van der Waals surface area (Å²) in [7, 11) is 0. The zero-order valence-electron chi connectivity index (χ0n) is 15.2. The van der Waals surface area contributed by atoms with Crippen LogP contribution in [0.5, 0.6) is 0 Å². The molecule has 0 aliphatic heterocycles. The molecule has 1 aromatic carbocycles. The number of thioether (sulfide) groups is 1. The molecule has 3 heterocycles. The van der Waals surface area contributed by atoms with E-state index in [4.69, 9.17) is 4.42 Å². The fraction of sp³-hybridized carbons (Fsp3) is 0.150. The summed E-state index contributed by atoms with van der Waals surface area (Å²) in [6.45, 7) is 1.13. The lowest BCUT2D eigenvalue weighted by atomic mass is 10.2. The molecule has 4 aromatic rings. The van der Waals surface area contributed by atoms with Crippen LogP contribution in [0, 0.1) is 0 Å². The average molecular weight is 489 g/mol. The summed E-state index contributed by atoms with van der Waals surface area (Å²) >= 11 is 6.31. The van der Waals surface area contributed by atoms with E-state index in [1.54, 1.807) is 11.3 Å². The van der Waals surface area contributed by atoms with Gasteiger partial charge in [0, 0.05) is 4.88 Å². The van der Waals surface area contributed by atoms with Crippen LogP contribution in [0.2, 0.25) is 0 Å². The molecule has 9 heteroatoms. The van der Waals surface area contributed by atoms with Crippen molar-refractivity contribution < 1.29 is 9.21 Å². The summed E-state index contributed by atoms with van der Waals surface area (Å²) < 4.78 is 8.27. The molecule has 3 aromatic heterocycles. The van der Waals surface area contributed by atoms with Crippen molar-refractivity contribution >= 4 is 44.9 Å². The summed E-state index contributed by atoms with van der Waals surface area (Å²) in [6.07, 6.45) is 0. The third kappa shape index (κ3) is 5.17. The molecule has 1 amide bonds. The van der Waals surface area contributed by atoms with E-state index in [2.05, 4.69) is 31.4 Å². The Labute approximate surface area is 184 Å². The summed E-state index contributed by atoms with van der Waals surface area (Å²) in [6, 6.07) is 17.7. The number of nitrogens with one attached hydrogen (secondary N) is 1. The zero-order valence-corrected chi connectivity index (χ0v) is 18.5. The number of halogens is 1. The van der Waals surface area contributed by atoms with Crippen molar-refractivity contribution in [3.63, 3.8) is 0 Å². The maximum Gasteiger partial charge on any atom is 0.230 e. The van der Waals surface area contributed by atoms with E-state index in [0.29, 0.717) is 34.5 Å².